The van der Waals surface area contributed by atoms with Crippen molar-refractivity contribution in [2.24, 2.45) is 28.0 Å². The molecule has 132 valence electrons. The molecule has 0 bridgehead atoms. The van der Waals surface area contributed by atoms with E-state index in [1.54, 1.807) is 0 Å². The van der Waals surface area contributed by atoms with Gasteiger partial charge in [-0.1, -0.05) is 0 Å². The average molecular weight is 434 g/mol. The Kier molecular flexibility index (Phi) is 6.57. The minimum atomic E-state index is -0.181. The van der Waals surface area contributed by atoms with E-state index in [0.717, 1.165) is 50.9 Å². The van der Waals surface area contributed by atoms with Gasteiger partial charge in [0.2, 0.25) is 5.91 Å². The summed E-state index contributed by atoms with van der Waals surface area (Å²) in [5.41, 5.74) is 5.91. The molecule has 3 aliphatic rings. The van der Waals surface area contributed by atoms with Crippen molar-refractivity contribution in [3.05, 3.63) is 0 Å². The van der Waals surface area contributed by atoms with Crippen LogP contribution < -0.4 is 11.1 Å². The highest BCUT2D eigenvalue weighted by Crippen LogP contribution is 2.61. The number of likely N-dealkylation sites (tertiary alicyclic amines) is 1. The molecule has 0 aromatic rings. The van der Waals surface area contributed by atoms with Crippen LogP contribution in [-0.4, -0.2) is 42.9 Å². The number of nitrogens with one attached hydrogen (secondary N) is 1. The zero-order valence-corrected chi connectivity index (χ0v) is 16.6. The first-order chi connectivity index (χ1) is 10.6. The minimum absolute atomic E-state index is 0. The van der Waals surface area contributed by atoms with Gasteiger partial charge in [-0.2, -0.15) is 0 Å². The molecule has 0 aromatic carbocycles. The summed E-state index contributed by atoms with van der Waals surface area (Å²) in [4.78, 5) is 18.5. The zero-order chi connectivity index (χ0) is 15.6. The van der Waals surface area contributed by atoms with Gasteiger partial charge in [-0.05, 0) is 62.7 Å². The largest absolute Gasteiger partial charge is 0.370 e. The standard InChI is InChI=1S/C17H30N4O.HI/c1-2-19-16(20-12-17(7-8-17)14-5-6-14)21-9-3-4-13(11-21)10-15(18)22;/h13-14H,2-12H2,1H3,(H2,18,22)(H,19,20);1H. The van der Waals surface area contributed by atoms with Crippen molar-refractivity contribution in [3.63, 3.8) is 0 Å². The predicted octanol–water partition coefficient (Wildman–Crippen LogP) is 2.35. The lowest BCUT2D eigenvalue weighted by molar-refractivity contribution is -0.119. The van der Waals surface area contributed by atoms with E-state index in [0.29, 0.717) is 17.8 Å². The number of hydrogen-bond donors (Lipinski definition) is 2. The van der Waals surface area contributed by atoms with Crippen molar-refractivity contribution in [1.29, 1.82) is 0 Å². The Bertz CT molecular complexity index is 446. The van der Waals surface area contributed by atoms with Gasteiger partial charge in [-0.25, -0.2) is 0 Å². The molecule has 5 nitrogen and oxygen atoms in total. The maximum Gasteiger partial charge on any atom is 0.217 e. The minimum Gasteiger partial charge on any atom is -0.370 e. The number of nitrogens with zero attached hydrogens (tertiary/aromatic N) is 2. The molecule has 1 atom stereocenters. The lowest BCUT2D eigenvalue weighted by Gasteiger charge is -2.35. The van der Waals surface area contributed by atoms with Gasteiger partial charge >= 0.3 is 0 Å². The number of amides is 1. The Morgan fingerprint density at radius 2 is 2.09 bits per heavy atom. The lowest BCUT2D eigenvalue weighted by atomic mass is 9.95. The molecule has 1 heterocycles. The van der Waals surface area contributed by atoms with Crippen LogP contribution >= 0.6 is 24.0 Å². The molecule has 3 rings (SSSR count). The molecular weight excluding hydrogens is 403 g/mol. The van der Waals surface area contributed by atoms with Crippen LogP contribution in [-0.2, 0) is 4.79 Å². The molecule has 1 unspecified atom stereocenters. The van der Waals surface area contributed by atoms with Crippen molar-refractivity contribution < 1.29 is 4.79 Å². The van der Waals surface area contributed by atoms with Crippen molar-refractivity contribution >= 4 is 35.8 Å². The Hall–Kier alpha value is -0.530. The summed E-state index contributed by atoms with van der Waals surface area (Å²) in [5.74, 6) is 2.19. The molecule has 1 amide bonds. The van der Waals surface area contributed by atoms with Crippen molar-refractivity contribution in [1.82, 2.24) is 10.2 Å². The number of guanidine groups is 1. The fourth-order valence-corrected chi connectivity index (χ4v) is 3.92. The van der Waals surface area contributed by atoms with Gasteiger partial charge in [0.15, 0.2) is 5.96 Å². The quantitative estimate of drug-likeness (QED) is 0.383. The van der Waals surface area contributed by atoms with Gasteiger partial charge in [0.05, 0.1) is 0 Å². The van der Waals surface area contributed by atoms with Gasteiger partial charge in [0, 0.05) is 32.6 Å². The molecule has 3 N–H and O–H groups in total. The Balaban J connectivity index is 0.00000192. The summed E-state index contributed by atoms with van der Waals surface area (Å²) in [6.45, 7) is 5.94. The van der Waals surface area contributed by atoms with Gasteiger partial charge in [-0.15, -0.1) is 24.0 Å². The summed E-state index contributed by atoms with van der Waals surface area (Å²) >= 11 is 0. The summed E-state index contributed by atoms with van der Waals surface area (Å²) in [6.07, 6.45) is 8.28. The molecule has 6 heteroatoms. The first kappa shape index (κ1) is 18.8. The van der Waals surface area contributed by atoms with E-state index in [1.807, 2.05) is 0 Å². The third kappa shape index (κ3) is 4.97. The Labute approximate surface area is 156 Å². The number of carbonyl (C=O) groups excluding carboxylic acids is 1. The van der Waals surface area contributed by atoms with E-state index in [-0.39, 0.29) is 29.9 Å². The fraction of sp³-hybridized carbons (Fsp3) is 0.882. The van der Waals surface area contributed by atoms with E-state index >= 15 is 0 Å². The molecule has 1 saturated heterocycles. The highest BCUT2D eigenvalue weighted by molar-refractivity contribution is 14.0. The zero-order valence-electron chi connectivity index (χ0n) is 14.2. The fourth-order valence-electron chi connectivity index (χ4n) is 3.92. The normalized spacial score (nSPS) is 26.4. The summed E-state index contributed by atoms with van der Waals surface area (Å²) < 4.78 is 0. The highest BCUT2D eigenvalue weighted by Gasteiger charge is 2.53. The van der Waals surface area contributed by atoms with Crippen molar-refractivity contribution in [3.8, 4) is 0 Å². The monoisotopic (exact) mass is 434 g/mol. The topological polar surface area (TPSA) is 70.7 Å². The van der Waals surface area contributed by atoms with Crippen LogP contribution in [0.1, 0.15) is 51.9 Å². The number of halogens is 1. The second-order valence-corrected chi connectivity index (χ2v) is 7.43. The van der Waals surface area contributed by atoms with Gasteiger partial charge in [0.1, 0.15) is 0 Å². The number of piperidine rings is 1. The summed E-state index contributed by atoms with van der Waals surface area (Å²) in [6, 6.07) is 0. The molecule has 1 aliphatic heterocycles. The smallest absolute Gasteiger partial charge is 0.217 e. The number of rotatable bonds is 6. The second kappa shape index (κ2) is 8.03. The summed E-state index contributed by atoms with van der Waals surface area (Å²) in [7, 11) is 0. The number of hydrogen-bond acceptors (Lipinski definition) is 2. The van der Waals surface area contributed by atoms with Crippen molar-refractivity contribution in [2.45, 2.75) is 51.9 Å². The van der Waals surface area contributed by atoms with E-state index in [2.05, 4.69) is 17.1 Å². The summed E-state index contributed by atoms with van der Waals surface area (Å²) in [5, 5.41) is 3.45. The molecule has 0 aromatic heterocycles. The van der Waals surface area contributed by atoms with Crippen LogP contribution in [0.2, 0.25) is 0 Å². The van der Waals surface area contributed by atoms with Crippen LogP contribution in [0.15, 0.2) is 4.99 Å². The van der Waals surface area contributed by atoms with E-state index < -0.39 is 0 Å². The average Bonchev–Trinajstić information content (AvgIpc) is 3.36. The van der Waals surface area contributed by atoms with E-state index in [4.69, 9.17) is 10.7 Å². The number of carbonyl (C=O) groups is 1. The van der Waals surface area contributed by atoms with E-state index in [9.17, 15) is 4.79 Å². The van der Waals surface area contributed by atoms with Crippen LogP contribution in [0, 0.1) is 17.3 Å². The van der Waals surface area contributed by atoms with Crippen LogP contribution in [0.5, 0.6) is 0 Å². The van der Waals surface area contributed by atoms with Crippen LogP contribution in [0.25, 0.3) is 0 Å². The van der Waals surface area contributed by atoms with Gasteiger partial charge < -0.3 is 16.0 Å². The lowest BCUT2D eigenvalue weighted by Crippen LogP contribution is -2.47. The molecule has 0 spiro atoms. The molecule has 2 saturated carbocycles. The van der Waals surface area contributed by atoms with E-state index in [1.165, 1.54) is 25.7 Å². The predicted molar refractivity (Wildman–Crippen MR) is 104 cm³/mol. The number of nitrogens with two attached hydrogens (primary N) is 1. The maximum atomic E-state index is 11.2. The second-order valence-electron chi connectivity index (χ2n) is 7.43. The van der Waals surface area contributed by atoms with Crippen molar-refractivity contribution in [2.75, 3.05) is 26.2 Å². The Morgan fingerprint density at radius 1 is 1.35 bits per heavy atom. The highest BCUT2D eigenvalue weighted by atomic mass is 127. The van der Waals surface area contributed by atoms with Gasteiger partial charge in [-0.3, -0.25) is 9.79 Å². The van der Waals surface area contributed by atoms with Crippen LogP contribution in [0.4, 0.5) is 0 Å². The maximum absolute atomic E-state index is 11.2. The Morgan fingerprint density at radius 3 is 2.65 bits per heavy atom. The molecular formula is C17H31IN4O. The van der Waals surface area contributed by atoms with Crippen LogP contribution in [0.3, 0.4) is 0 Å². The molecule has 3 fully saturated rings. The first-order valence-electron chi connectivity index (χ1n) is 8.94. The van der Waals surface area contributed by atoms with Gasteiger partial charge in [0.25, 0.3) is 0 Å². The molecule has 0 radical (unpaired) electrons. The molecule has 2 aliphatic carbocycles. The molecule has 23 heavy (non-hydrogen) atoms. The number of primary amides is 1. The first-order valence-corrected chi connectivity index (χ1v) is 8.94. The SMILES string of the molecule is CCNC(=NCC1(C2CC2)CC1)N1CCCC(CC(N)=O)C1.I. The number of aliphatic imine (C=N–C) groups is 1. The third-order valence-corrected chi connectivity index (χ3v) is 5.52. The third-order valence-electron chi connectivity index (χ3n) is 5.52.